The molecule has 0 atom stereocenters. The molecule has 0 aliphatic carbocycles. The zero-order valence-electron chi connectivity index (χ0n) is 13.4. The molecular weight excluding hydrogens is 310 g/mol. The summed E-state index contributed by atoms with van der Waals surface area (Å²) in [5, 5.41) is 6.27. The van der Waals surface area contributed by atoms with Crippen LogP contribution >= 0.6 is 0 Å². The number of carbonyl (C=O) groups excluding carboxylic acids is 1. The van der Waals surface area contributed by atoms with Crippen molar-refractivity contribution in [3.63, 3.8) is 0 Å². The van der Waals surface area contributed by atoms with E-state index in [0.717, 1.165) is 17.7 Å². The highest BCUT2D eigenvalue weighted by Gasteiger charge is 2.21. The highest BCUT2D eigenvalue weighted by molar-refractivity contribution is 5.95. The molecule has 0 saturated heterocycles. The third-order valence-corrected chi connectivity index (χ3v) is 3.84. The van der Waals surface area contributed by atoms with Crippen LogP contribution < -0.4 is 10.3 Å². The van der Waals surface area contributed by atoms with Crippen LogP contribution in [0, 0.1) is 0 Å². The third kappa shape index (κ3) is 3.01. The minimum atomic E-state index is -0.523. The lowest BCUT2D eigenvalue weighted by molar-refractivity contribution is 0.0600. The lowest BCUT2D eigenvalue weighted by atomic mass is 10.1. The van der Waals surface area contributed by atoms with Crippen molar-refractivity contribution in [2.24, 2.45) is 0 Å². The first-order valence-electron chi connectivity index (χ1n) is 7.42. The van der Waals surface area contributed by atoms with Crippen LogP contribution in [-0.4, -0.2) is 35.0 Å². The molecule has 0 saturated carbocycles. The Bertz CT molecular complexity index is 880. The number of carbonyl (C=O) groups is 1. The van der Waals surface area contributed by atoms with Gasteiger partial charge in [0.2, 0.25) is 0 Å². The van der Waals surface area contributed by atoms with E-state index in [1.54, 1.807) is 24.1 Å². The molecule has 7 nitrogen and oxygen atoms in total. The van der Waals surface area contributed by atoms with Crippen LogP contribution in [0.4, 0.5) is 0 Å². The topological polar surface area (TPSA) is 86.2 Å². The van der Waals surface area contributed by atoms with Gasteiger partial charge in [0.25, 0.3) is 5.56 Å². The minimum absolute atomic E-state index is 0.267. The largest absolute Gasteiger partial charge is 0.497 e. The number of hydrogen-bond donors (Lipinski definition) is 1. The predicted octanol–water partition coefficient (Wildman–Crippen LogP) is 1.71. The molecule has 1 N–H and O–H groups in total. The molecule has 0 bridgehead atoms. The van der Waals surface area contributed by atoms with Crippen molar-refractivity contribution in [2.75, 3.05) is 14.2 Å². The van der Waals surface area contributed by atoms with Crippen LogP contribution in [0.25, 0.3) is 11.3 Å². The highest BCUT2D eigenvalue weighted by Crippen LogP contribution is 2.21. The third-order valence-electron chi connectivity index (χ3n) is 3.84. The zero-order valence-corrected chi connectivity index (χ0v) is 13.4. The number of H-pyrrole nitrogens is 1. The van der Waals surface area contributed by atoms with Crippen molar-refractivity contribution >= 4 is 5.97 Å². The molecule has 0 spiro atoms. The predicted molar refractivity (Wildman–Crippen MR) is 87.5 cm³/mol. The molecule has 2 aliphatic rings. The Morgan fingerprint density at radius 2 is 1.96 bits per heavy atom. The van der Waals surface area contributed by atoms with Gasteiger partial charge in [0.15, 0.2) is 0 Å². The number of esters is 1. The first-order valence-corrected chi connectivity index (χ1v) is 7.42. The fourth-order valence-corrected chi connectivity index (χ4v) is 2.53. The van der Waals surface area contributed by atoms with E-state index in [9.17, 15) is 9.59 Å². The van der Waals surface area contributed by atoms with E-state index in [1.807, 2.05) is 24.3 Å². The second-order valence-electron chi connectivity index (χ2n) is 5.31. The standard InChI is InChI=1S/C17H17N3O4/c1-23-12-5-3-11(4-6-12)7-8-20-9-13-15(18-19-16(13)21)14(10-20)17(22)24-2/h3-6,9-10H,7-8H2,1-2H3,(H,19,21). The summed E-state index contributed by atoms with van der Waals surface area (Å²) in [5.41, 5.74) is 1.76. The quantitative estimate of drug-likeness (QED) is 0.721. The maximum atomic E-state index is 11.9. The maximum absolute atomic E-state index is 11.9. The van der Waals surface area contributed by atoms with Gasteiger partial charge in [-0.05, 0) is 24.1 Å². The number of rotatable bonds is 5. The van der Waals surface area contributed by atoms with E-state index in [-0.39, 0.29) is 11.1 Å². The fraction of sp³-hybridized carbons (Fsp3) is 0.235. The van der Waals surface area contributed by atoms with E-state index in [1.165, 1.54) is 7.11 Å². The summed E-state index contributed by atoms with van der Waals surface area (Å²) in [5.74, 6) is 0.278. The second kappa shape index (κ2) is 6.57. The second-order valence-corrected chi connectivity index (χ2v) is 5.31. The number of fused-ring (bicyclic) bond motifs is 1. The maximum Gasteiger partial charge on any atom is 0.341 e. The van der Waals surface area contributed by atoms with Crippen LogP contribution in [0.1, 0.15) is 15.9 Å². The molecule has 3 rings (SSSR count). The van der Waals surface area contributed by atoms with Gasteiger partial charge in [-0.3, -0.25) is 4.79 Å². The average molecular weight is 327 g/mol. The summed E-state index contributed by atoms with van der Waals surface area (Å²) in [7, 11) is 2.92. The monoisotopic (exact) mass is 327 g/mol. The van der Waals surface area contributed by atoms with Gasteiger partial charge >= 0.3 is 5.97 Å². The van der Waals surface area contributed by atoms with Crippen LogP contribution in [0.3, 0.4) is 0 Å². The van der Waals surface area contributed by atoms with Gasteiger partial charge in [0, 0.05) is 18.9 Å². The number of pyridine rings is 1. The number of aromatic nitrogens is 3. The Morgan fingerprint density at radius 1 is 1.21 bits per heavy atom. The van der Waals surface area contributed by atoms with Crippen molar-refractivity contribution in [3.8, 4) is 17.0 Å². The Labute approximate surface area is 138 Å². The SMILES string of the molecule is COC(=O)c1cn(CCc2ccc(OC)cc2)cc2c(=O)[nH]nc1-2. The number of nitrogens with one attached hydrogen (secondary N) is 1. The normalized spacial score (nSPS) is 10.8. The molecule has 0 radical (unpaired) electrons. The van der Waals surface area contributed by atoms with Gasteiger partial charge in [-0.1, -0.05) is 12.1 Å². The van der Waals surface area contributed by atoms with Gasteiger partial charge in [0.05, 0.1) is 19.8 Å². The number of benzene rings is 1. The van der Waals surface area contributed by atoms with Gasteiger partial charge in [-0.25, -0.2) is 9.89 Å². The molecule has 0 aromatic heterocycles. The fourth-order valence-electron chi connectivity index (χ4n) is 2.53. The molecule has 24 heavy (non-hydrogen) atoms. The molecule has 0 fully saturated rings. The first kappa shape index (κ1) is 15.8. The van der Waals surface area contributed by atoms with Gasteiger partial charge in [-0.15, -0.1) is 0 Å². The summed E-state index contributed by atoms with van der Waals surface area (Å²) in [6, 6.07) is 7.76. The summed E-state index contributed by atoms with van der Waals surface area (Å²) < 4.78 is 11.7. The molecule has 2 heterocycles. The molecule has 7 heteroatoms. The average Bonchev–Trinajstić information content (AvgIpc) is 3.00. The molecule has 1 aromatic rings. The lowest BCUT2D eigenvalue weighted by Crippen LogP contribution is -2.13. The summed E-state index contributed by atoms with van der Waals surface area (Å²) in [6.45, 7) is 0.608. The van der Waals surface area contributed by atoms with Gasteiger partial charge < -0.3 is 14.0 Å². The summed E-state index contributed by atoms with van der Waals surface area (Å²) in [6.07, 6.45) is 4.09. The van der Waals surface area contributed by atoms with E-state index < -0.39 is 5.97 Å². The number of aryl methyl sites for hydroxylation is 2. The van der Waals surface area contributed by atoms with E-state index in [0.29, 0.717) is 17.8 Å². The van der Waals surface area contributed by atoms with Gasteiger partial charge in [0.1, 0.15) is 17.0 Å². The van der Waals surface area contributed by atoms with Crippen LogP contribution in [0.2, 0.25) is 0 Å². The lowest BCUT2D eigenvalue weighted by Gasteiger charge is -2.12. The Kier molecular flexibility index (Phi) is 4.33. The van der Waals surface area contributed by atoms with Crippen molar-refractivity contribution in [1.82, 2.24) is 14.8 Å². The van der Waals surface area contributed by atoms with Crippen LogP contribution in [-0.2, 0) is 17.7 Å². The molecule has 124 valence electrons. The minimum Gasteiger partial charge on any atom is -0.497 e. The Balaban J connectivity index is 1.88. The summed E-state index contributed by atoms with van der Waals surface area (Å²) in [4.78, 5) is 23.8. The number of nitrogens with zero attached hydrogens (tertiary/aromatic N) is 2. The molecule has 0 amide bonds. The molecular formula is C17H17N3O4. The Morgan fingerprint density at radius 3 is 2.62 bits per heavy atom. The van der Waals surface area contributed by atoms with Crippen molar-refractivity contribution in [1.29, 1.82) is 0 Å². The first-order chi connectivity index (χ1) is 11.6. The number of aromatic amines is 1. The highest BCUT2D eigenvalue weighted by atomic mass is 16.5. The van der Waals surface area contributed by atoms with E-state index in [4.69, 9.17) is 9.47 Å². The van der Waals surface area contributed by atoms with E-state index >= 15 is 0 Å². The molecule has 1 aromatic carbocycles. The van der Waals surface area contributed by atoms with E-state index in [2.05, 4.69) is 10.2 Å². The van der Waals surface area contributed by atoms with Crippen LogP contribution in [0.5, 0.6) is 5.75 Å². The Hall–Kier alpha value is -3.09. The van der Waals surface area contributed by atoms with Crippen molar-refractivity contribution < 1.29 is 14.3 Å². The van der Waals surface area contributed by atoms with Crippen molar-refractivity contribution in [2.45, 2.75) is 13.0 Å². The summed E-state index contributed by atoms with van der Waals surface area (Å²) >= 11 is 0. The van der Waals surface area contributed by atoms with Gasteiger partial charge in [-0.2, -0.15) is 5.10 Å². The molecule has 0 unspecified atom stereocenters. The number of ether oxygens (including phenoxy) is 2. The van der Waals surface area contributed by atoms with Crippen molar-refractivity contribution in [3.05, 3.63) is 58.1 Å². The zero-order chi connectivity index (χ0) is 17.1. The number of hydrogen-bond acceptors (Lipinski definition) is 5. The smallest absolute Gasteiger partial charge is 0.341 e. The number of methoxy groups -OCH3 is 2. The van der Waals surface area contributed by atoms with Crippen LogP contribution in [0.15, 0.2) is 41.5 Å². The molecule has 2 aliphatic heterocycles.